The molecule has 0 aliphatic heterocycles. The molecule has 0 fully saturated rings. The van der Waals surface area contributed by atoms with Gasteiger partial charge >= 0.3 is 0 Å². The van der Waals surface area contributed by atoms with E-state index in [-0.39, 0.29) is 16.5 Å². The first-order valence-electron chi connectivity index (χ1n) is 9.80. The zero-order chi connectivity index (χ0) is 22.9. The zero-order valence-corrected chi connectivity index (χ0v) is 19.7. The third kappa shape index (κ3) is 4.49. The summed E-state index contributed by atoms with van der Waals surface area (Å²) in [4.78, 5) is 19.6. The smallest absolute Gasteiger partial charge is 0.265 e. The van der Waals surface area contributed by atoms with E-state index in [2.05, 4.69) is 9.71 Å². The molecule has 3 aromatic rings. The lowest BCUT2D eigenvalue weighted by atomic mass is 10.3. The Labute approximate surface area is 185 Å². The van der Waals surface area contributed by atoms with Crippen molar-refractivity contribution >= 4 is 33.0 Å². The van der Waals surface area contributed by atoms with Gasteiger partial charge in [-0.1, -0.05) is 6.07 Å². The molecule has 0 saturated carbocycles. The van der Waals surface area contributed by atoms with Gasteiger partial charge in [-0.15, -0.1) is 11.3 Å². The molecule has 1 N–H and O–H groups in total. The monoisotopic (exact) mass is 464 g/mol. The minimum atomic E-state index is -3.95. The maximum absolute atomic E-state index is 13.5. The molecule has 0 radical (unpaired) electrons. The van der Waals surface area contributed by atoms with Crippen molar-refractivity contribution in [2.24, 2.45) is 7.05 Å². The molecule has 3 rings (SSSR count). The molecule has 2 aromatic heterocycles. The van der Waals surface area contributed by atoms with Crippen molar-refractivity contribution in [3.05, 3.63) is 52.4 Å². The van der Waals surface area contributed by atoms with Gasteiger partial charge in [0, 0.05) is 25.8 Å². The van der Waals surface area contributed by atoms with E-state index < -0.39 is 15.8 Å². The van der Waals surface area contributed by atoms with Crippen molar-refractivity contribution in [2.75, 3.05) is 17.8 Å². The lowest BCUT2D eigenvalue weighted by Gasteiger charge is -2.17. The summed E-state index contributed by atoms with van der Waals surface area (Å²) in [6, 6.07) is 6.80. The standard InChI is InChI=1S/C21H25FN4O3S2/c1-6-26(7-2)21(27)19-13(3)23-20(30-19)17-12-18(14(4)25(17)5)31(28,29)24-16-10-8-9-15(22)11-16/h8-12,24H,6-7H2,1-5H3. The van der Waals surface area contributed by atoms with Crippen LogP contribution in [0.5, 0.6) is 0 Å². The van der Waals surface area contributed by atoms with Gasteiger partial charge in [0.05, 0.1) is 17.1 Å². The van der Waals surface area contributed by atoms with Gasteiger partial charge in [0.15, 0.2) is 0 Å². The third-order valence-corrected chi connectivity index (χ3v) is 7.78. The number of rotatable bonds is 7. The van der Waals surface area contributed by atoms with E-state index in [0.717, 1.165) is 6.07 Å². The van der Waals surface area contributed by atoms with E-state index >= 15 is 0 Å². The van der Waals surface area contributed by atoms with Gasteiger partial charge in [-0.2, -0.15) is 0 Å². The van der Waals surface area contributed by atoms with Crippen LogP contribution in [0, 0.1) is 19.7 Å². The van der Waals surface area contributed by atoms with E-state index in [1.807, 2.05) is 13.8 Å². The second-order valence-electron chi connectivity index (χ2n) is 7.07. The van der Waals surface area contributed by atoms with Crippen LogP contribution in [-0.2, 0) is 17.1 Å². The predicted octanol–water partition coefficient (Wildman–Crippen LogP) is 4.19. The fraction of sp³-hybridized carbons (Fsp3) is 0.333. The van der Waals surface area contributed by atoms with E-state index in [1.165, 1.54) is 35.6 Å². The molecule has 0 saturated heterocycles. The number of aryl methyl sites for hydroxylation is 1. The highest BCUT2D eigenvalue weighted by Crippen LogP contribution is 2.33. The van der Waals surface area contributed by atoms with Gasteiger partial charge in [-0.25, -0.2) is 17.8 Å². The summed E-state index contributed by atoms with van der Waals surface area (Å²) in [6.07, 6.45) is 0. The van der Waals surface area contributed by atoms with Gasteiger partial charge in [-0.05, 0) is 52.0 Å². The fourth-order valence-electron chi connectivity index (χ4n) is 3.27. The highest BCUT2D eigenvalue weighted by atomic mass is 32.2. The van der Waals surface area contributed by atoms with Crippen LogP contribution < -0.4 is 4.72 Å². The first-order chi connectivity index (χ1) is 14.6. The van der Waals surface area contributed by atoms with Crippen LogP contribution in [0.3, 0.4) is 0 Å². The Bertz CT molecular complexity index is 1230. The maximum Gasteiger partial charge on any atom is 0.265 e. The lowest BCUT2D eigenvalue weighted by Crippen LogP contribution is -2.30. The number of hydrogen-bond donors (Lipinski definition) is 1. The van der Waals surface area contributed by atoms with Crippen LogP contribution in [0.2, 0.25) is 0 Å². The van der Waals surface area contributed by atoms with Crippen molar-refractivity contribution in [2.45, 2.75) is 32.6 Å². The molecular weight excluding hydrogens is 439 g/mol. The predicted molar refractivity (Wildman–Crippen MR) is 120 cm³/mol. The highest BCUT2D eigenvalue weighted by molar-refractivity contribution is 7.92. The minimum Gasteiger partial charge on any atom is -0.345 e. The van der Waals surface area contributed by atoms with Crippen LogP contribution in [-0.4, -0.2) is 41.9 Å². The summed E-state index contributed by atoms with van der Waals surface area (Å²) < 4.78 is 43.5. The van der Waals surface area contributed by atoms with Crippen LogP contribution in [0.25, 0.3) is 10.7 Å². The molecule has 10 heteroatoms. The number of nitrogens with zero attached hydrogens (tertiary/aromatic N) is 3. The number of benzene rings is 1. The minimum absolute atomic E-state index is 0.0683. The Morgan fingerprint density at radius 1 is 1.23 bits per heavy atom. The molecule has 2 heterocycles. The number of amides is 1. The van der Waals surface area contributed by atoms with Crippen molar-refractivity contribution in [1.82, 2.24) is 14.5 Å². The fourth-order valence-corrected chi connectivity index (χ4v) is 5.70. The second kappa shape index (κ2) is 8.80. The summed E-state index contributed by atoms with van der Waals surface area (Å²) in [7, 11) is -2.20. The second-order valence-corrected chi connectivity index (χ2v) is 9.71. The van der Waals surface area contributed by atoms with Crippen LogP contribution in [0.1, 0.15) is 34.9 Å². The van der Waals surface area contributed by atoms with Crippen LogP contribution >= 0.6 is 11.3 Å². The summed E-state index contributed by atoms with van der Waals surface area (Å²) in [5, 5.41) is 0.561. The summed E-state index contributed by atoms with van der Waals surface area (Å²) in [6.45, 7) is 8.49. The third-order valence-electron chi connectivity index (χ3n) is 5.12. The number of sulfonamides is 1. The molecule has 166 valence electrons. The number of hydrogen-bond acceptors (Lipinski definition) is 5. The van der Waals surface area contributed by atoms with Crippen LogP contribution in [0.15, 0.2) is 35.2 Å². The molecule has 0 unspecified atom stereocenters. The summed E-state index contributed by atoms with van der Waals surface area (Å²) in [5.41, 5.74) is 1.84. The molecule has 31 heavy (non-hydrogen) atoms. The average Bonchev–Trinajstić information content (AvgIpc) is 3.23. The topological polar surface area (TPSA) is 84.3 Å². The van der Waals surface area contributed by atoms with E-state index in [0.29, 0.717) is 40.1 Å². The van der Waals surface area contributed by atoms with Crippen molar-refractivity contribution < 1.29 is 17.6 Å². The lowest BCUT2D eigenvalue weighted by molar-refractivity contribution is 0.0777. The molecule has 0 spiro atoms. The SMILES string of the molecule is CCN(CC)C(=O)c1sc(-c2cc(S(=O)(=O)Nc3cccc(F)c3)c(C)n2C)nc1C. The number of carbonyl (C=O) groups excluding carboxylic acids is 1. The normalized spacial score (nSPS) is 11.5. The molecule has 1 aromatic carbocycles. The van der Waals surface area contributed by atoms with Crippen molar-refractivity contribution in [1.29, 1.82) is 0 Å². The molecule has 0 aliphatic carbocycles. The number of carbonyl (C=O) groups is 1. The van der Waals surface area contributed by atoms with Crippen molar-refractivity contribution in [3.8, 4) is 10.7 Å². The summed E-state index contributed by atoms with van der Waals surface area (Å²) >= 11 is 1.24. The molecule has 7 nitrogen and oxygen atoms in total. The number of halogens is 1. The largest absolute Gasteiger partial charge is 0.345 e. The van der Waals surface area contributed by atoms with E-state index in [9.17, 15) is 17.6 Å². The van der Waals surface area contributed by atoms with E-state index in [1.54, 1.807) is 30.4 Å². The Hall–Kier alpha value is -2.72. The zero-order valence-electron chi connectivity index (χ0n) is 18.1. The molecule has 0 aliphatic rings. The average molecular weight is 465 g/mol. The Morgan fingerprint density at radius 3 is 2.52 bits per heavy atom. The maximum atomic E-state index is 13.5. The van der Waals surface area contributed by atoms with Gasteiger partial charge in [-0.3, -0.25) is 9.52 Å². The Morgan fingerprint density at radius 2 is 1.90 bits per heavy atom. The van der Waals surface area contributed by atoms with Crippen LogP contribution in [0.4, 0.5) is 10.1 Å². The number of thiazole rings is 1. The summed E-state index contributed by atoms with van der Waals surface area (Å²) in [5.74, 6) is -0.618. The molecule has 1 amide bonds. The highest BCUT2D eigenvalue weighted by Gasteiger charge is 2.26. The van der Waals surface area contributed by atoms with Gasteiger partial charge in [0.2, 0.25) is 0 Å². The number of anilines is 1. The van der Waals surface area contributed by atoms with Gasteiger partial charge in [0.25, 0.3) is 15.9 Å². The van der Waals surface area contributed by atoms with Gasteiger partial charge in [0.1, 0.15) is 20.6 Å². The first-order valence-corrected chi connectivity index (χ1v) is 12.1. The molecular formula is C21H25FN4O3S2. The molecule has 0 atom stereocenters. The molecule has 0 bridgehead atoms. The quantitative estimate of drug-likeness (QED) is 0.568. The Kier molecular flexibility index (Phi) is 6.51. The number of nitrogens with one attached hydrogen (secondary N) is 1. The van der Waals surface area contributed by atoms with Gasteiger partial charge < -0.3 is 9.47 Å². The first kappa shape index (κ1) is 23.0. The Balaban J connectivity index is 2.00. The van der Waals surface area contributed by atoms with Crippen molar-refractivity contribution in [3.63, 3.8) is 0 Å². The van der Waals surface area contributed by atoms with E-state index in [4.69, 9.17) is 0 Å². The number of aromatic nitrogens is 2.